The van der Waals surface area contributed by atoms with E-state index in [1.54, 1.807) is 0 Å². The Labute approximate surface area is 159 Å². The summed E-state index contributed by atoms with van der Waals surface area (Å²) < 4.78 is 61.5. The molecule has 10 heteroatoms. The predicted octanol–water partition coefficient (Wildman–Crippen LogP) is 2.27. The minimum atomic E-state index is -3.60. The molecule has 0 radical (unpaired) electrons. The number of hydrogen-bond acceptors (Lipinski definition) is 5. The van der Waals surface area contributed by atoms with Crippen LogP contribution >= 0.6 is 12.4 Å². The second-order valence-electron chi connectivity index (χ2n) is 5.79. The third-order valence-corrected chi connectivity index (χ3v) is 5.85. The average molecular weight is 415 g/mol. The number of rotatable bonds is 9. The molecule has 1 saturated heterocycles. The van der Waals surface area contributed by atoms with Crippen molar-refractivity contribution >= 4 is 22.4 Å². The molecular weight excluding hydrogens is 390 g/mol. The van der Waals surface area contributed by atoms with Gasteiger partial charge in [-0.15, -0.1) is 12.4 Å². The molecule has 1 aromatic carbocycles. The third-order valence-electron chi connectivity index (χ3n) is 3.94. The Morgan fingerprint density at radius 3 is 2.35 bits per heavy atom. The zero-order valence-electron chi connectivity index (χ0n) is 14.4. The molecule has 1 heterocycles. The van der Waals surface area contributed by atoms with Gasteiger partial charge in [0.2, 0.25) is 10.0 Å². The highest BCUT2D eigenvalue weighted by Gasteiger charge is 2.29. The Bertz CT molecular complexity index is 624. The van der Waals surface area contributed by atoms with Gasteiger partial charge in [-0.1, -0.05) is 0 Å². The monoisotopic (exact) mass is 414 g/mol. The first kappa shape index (κ1) is 23.0. The zero-order valence-corrected chi connectivity index (χ0v) is 16.0. The summed E-state index contributed by atoms with van der Waals surface area (Å²) >= 11 is 0. The standard InChI is InChI=1S/C16H24F2N2O4S.ClH/c17-16(18)12-24-13-2-4-15(5-3-13)25(21,22)20-9-6-14(7-10-20)23-11-1-8-19;/h2-5,14,16H,1,6-12,19H2;1H. The van der Waals surface area contributed by atoms with Crippen molar-refractivity contribution in [3.8, 4) is 5.75 Å². The first-order chi connectivity index (χ1) is 11.9. The van der Waals surface area contributed by atoms with Crippen LogP contribution < -0.4 is 10.5 Å². The highest BCUT2D eigenvalue weighted by atomic mass is 35.5. The number of benzene rings is 1. The number of nitrogens with two attached hydrogens (primary N) is 1. The van der Waals surface area contributed by atoms with Crippen molar-refractivity contribution in [3.05, 3.63) is 24.3 Å². The molecule has 1 aliphatic heterocycles. The van der Waals surface area contributed by atoms with Gasteiger partial charge in [-0.05, 0) is 50.1 Å². The van der Waals surface area contributed by atoms with E-state index in [-0.39, 0.29) is 29.2 Å². The summed E-state index contributed by atoms with van der Waals surface area (Å²) in [6.07, 6.45) is -0.447. The smallest absolute Gasteiger partial charge is 0.272 e. The molecule has 0 atom stereocenters. The molecule has 0 bridgehead atoms. The molecule has 0 unspecified atom stereocenters. The molecule has 1 aliphatic rings. The van der Waals surface area contributed by atoms with E-state index in [9.17, 15) is 17.2 Å². The Morgan fingerprint density at radius 1 is 1.19 bits per heavy atom. The molecule has 0 amide bonds. The maximum atomic E-state index is 12.6. The van der Waals surface area contributed by atoms with Crippen LogP contribution in [0.4, 0.5) is 8.78 Å². The number of halogens is 3. The minimum absolute atomic E-state index is 0. The topological polar surface area (TPSA) is 81.9 Å². The molecule has 0 aromatic heterocycles. The van der Waals surface area contributed by atoms with Gasteiger partial charge in [-0.2, -0.15) is 4.31 Å². The van der Waals surface area contributed by atoms with Crippen molar-refractivity contribution in [3.63, 3.8) is 0 Å². The van der Waals surface area contributed by atoms with E-state index in [1.165, 1.54) is 28.6 Å². The van der Waals surface area contributed by atoms with Gasteiger partial charge in [0.05, 0.1) is 11.0 Å². The van der Waals surface area contributed by atoms with Crippen molar-refractivity contribution in [1.82, 2.24) is 4.31 Å². The second-order valence-corrected chi connectivity index (χ2v) is 7.73. The summed E-state index contributed by atoms with van der Waals surface area (Å²) in [5.74, 6) is 0.214. The van der Waals surface area contributed by atoms with Crippen LogP contribution in [0.5, 0.6) is 5.75 Å². The second kappa shape index (κ2) is 11.0. The number of ether oxygens (including phenoxy) is 2. The van der Waals surface area contributed by atoms with Crippen LogP contribution in [-0.4, -0.2) is 58.1 Å². The van der Waals surface area contributed by atoms with Crippen molar-refractivity contribution in [2.24, 2.45) is 5.73 Å². The molecule has 6 nitrogen and oxygen atoms in total. The zero-order chi connectivity index (χ0) is 18.3. The summed E-state index contributed by atoms with van der Waals surface area (Å²) in [7, 11) is -3.60. The van der Waals surface area contributed by atoms with E-state index in [0.29, 0.717) is 39.1 Å². The fourth-order valence-corrected chi connectivity index (χ4v) is 4.06. The van der Waals surface area contributed by atoms with Gasteiger partial charge in [0.15, 0.2) is 0 Å². The predicted molar refractivity (Wildman–Crippen MR) is 96.6 cm³/mol. The lowest BCUT2D eigenvalue weighted by Gasteiger charge is -2.31. The van der Waals surface area contributed by atoms with Crippen LogP contribution in [0.1, 0.15) is 19.3 Å². The Kier molecular flexibility index (Phi) is 9.73. The van der Waals surface area contributed by atoms with Crippen LogP contribution in [0.3, 0.4) is 0 Å². The Morgan fingerprint density at radius 2 is 1.81 bits per heavy atom. The minimum Gasteiger partial charge on any atom is -0.488 e. The summed E-state index contributed by atoms with van der Waals surface area (Å²) in [6, 6.07) is 5.52. The number of nitrogens with zero attached hydrogens (tertiary/aromatic N) is 1. The number of piperidine rings is 1. The van der Waals surface area contributed by atoms with E-state index < -0.39 is 23.1 Å². The van der Waals surface area contributed by atoms with Gasteiger partial charge in [0.1, 0.15) is 12.4 Å². The molecule has 0 aliphatic carbocycles. The SMILES string of the molecule is Cl.NCCCOC1CCN(S(=O)(=O)c2ccc(OCC(F)F)cc2)CC1. The van der Waals surface area contributed by atoms with Crippen molar-refractivity contribution in [2.45, 2.75) is 36.7 Å². The number of sulfonamides is 1. The van der Waals surface area contributed by atoms with E-state index in [1.807, 2.05) is 0 Å². The molecule has 150 valence electrons. The average Bonchev–Trinajstić information content (AvgIpc) is 2.61. The largest absolute Gasteiger partial charge is 0.488 e. The lowest BCUT2D eigenvalue weighted by atomic mass is 10.1. The first-order valence-electron chi connectivity index (χ1n) is 8.26. The number of alkyl halides is 2. The molecule has 2 N–H and O–H groups in total. The molecule has 2 rings (SSSR count). The normalized spacial score (nSPS) is 16.5. The highest BCUT2D eigenvalue weighted by Crippen LogP contribution is 2.24. The van der Waals surface area contributed by atoms with E-state index >= 15 is 0 Å². The van der Waals surface area contributed by atoms with Crippen LogP contribution in [0.15, 0.2) is 29.2 Å². The highest BCUT2D eigenvalue weighted by molar-refractivity contribution is 7.89. The summed E-state index contributed by atoms with van der Waals surface area (Å²) in [5.41, 5.74) is 5.42. The van der Waals surface area contributed by atoms with Crippen LogP contribution in [0, 0.1) is 0 Å². The maximum absolute atomic E-state index is 12.6. The Balaban J connectivity index is 0.00000338. The summed E-state index contributed by atoms with van der Waals surface area (Å²) in [5, 5.41) is 0. The quantitative estimate of drug-likeness (QED) is 0.627. The van der Waals surface area contributed by atoms with Crippen LogP contribution in [0.2, 0.25) is 0 Å². The lowest BCUT2D eigenvalue weighted by molar-refractivity contribution is 0.0209. The van der Waals surface area contributed by atoms with E-state index in [0.717, 1.165) is 6.42 Å². The summed E-state index contributed by atoms with van der Waals surface area (Å²) in [6.45, 7) is 1.22. The fraction of sp³-hybridized carbons (Fsp3) is 0.625. The molecule has 0 saturated carbocycles. The fourth-order valence-electron chi connectivity index (χ4n) is 2.59. The van der Waals surface area contributed by atoms with E-state index in [4.69, 9.17) is 15.2 Å². The Hall–Kier alpha value is -1.00. The van der Waals surface area contributed by atoms with Gasteiger partial charge < -0.3 is 15.2 Å². The molecule has 0 spiro atoms. The van der Waals surface area contributed by atoms with Crippen LogP contribution in [-0.2, 0) is 14.8 Å². The molecule has 26 heavy (non-hydrogen) atoms. The first-order valence-corrected chi connectivity index (χ1v) is 9.70. The van der Waals surface area contributed by atoms with Gasteiger partial charge in [-0.3, -0.25) is 0 Å². The van der Waals surface area contributed by atoms with Gasteiger partial charge in [-0.25, -0.2) is 17.2 Å². The van der Waals surface area contributed by atoms with Gasteiger partial charge >= 0.3 is 0 Å². The molecule has 1 aromatic rings. The van der Waals surface area contributed by atoms with Crippen LogP contribution in [0.25, 0.3) is 0 Å². The van der Waals surface area contributed by atoms with Crippen molar-refractivity contribution in [2.75, 3.05) is 32.8 Å². The number of hydrogen-bond donors (Lipinski definition) is 1. The third kappa shape index (κ3) is 6.62. The van der Waals surface area contributed by atoms with Gasteiger partial charge in [0.25, 0.3) is 6.43 Å². The van der Waals surface area contributed by atoms with Crippen molar-refractivity contribution < 1.29 is 26.7 Å². The molecular formula is C16H25ClF2N2O4S. The maximum Gasteiger partial charge on any atom is 0.272 e. The summed E-state index contributed by atoms with van der Waals surface area (Å²) in [4.78, 5) is 0.124. The van der Waals surface area contributed by atoms with Gasteiger partial charge in [0, 0.05) is 19.7 Å². The van der Waals surface area contributed by atoms with Crippen molar-refractivity contribution in [1.29, 1.82) is 0 Å². The molecule has 1 fully saturated rings. The van der Waals surface area contributed by atoms with E-state index in [2.05, 4.69) is 0 Å². The lowest BCUT2D eigenvalue weighted by Crippen LogP contribution is -2.40.